The second-order valence-corrected chi connectivity index (χ2v) is 11.1. The summed E-state index contributed by atoms with van der Waals surface area (Å²) >= 11 is 0. The first-order chi connectivity index (χ1) is 12.7. The zero-order valence-electron chi connectivity index (χ0n) is 17.0. The lowest BCUT2D eigenvalue weighted by Crippen LogP contribution is -2.19. The molecule has 0 heterocycles. The molecule has 0 amide bonds. The fourth-order valence-corrected chi connectivity index (χ4v) is 5.59. The average Bonchev–Trinajstić information content (AvgIpc) is 2.63. The Kier molecular flexibility index (Phi) is 10.6. The molecule has 27 heavy (non-hydrogen) atoms. The fraction of sp³-hybridized carbons (Fsp3) is 0.700. The van der Waals surface area contributed by atoms with Crippen molar-refractivity contribution in [2.45, 2.75) is 87.8 Å². The van der Waals surface area contributed by atoms with Crippen LogP contribution in [-0.4, -0.2) is 29.6 Å². The SMILES string of the molecule is CCCCCCCCCCCCS(=O)(=O)c1ccc(S(=O)(=O)NC)cc1C. The molecule has 0 bridgehead atoms. The predicted molar refractivity (Wildman–Crippen MR) is 111 cm³/mol. The Morgan fingerprint density at radius 2 is 1.33 bits per heavy atom. The number of unbranched alkanes of at least 4 members (excludes halogenated alkanes) is 9. The summed E-state index contributed by atoms with van der Waals surface area (Å²) < 4.78 is 51.0. The van der Waals surface area contributed by atoms with Crippen LogP contribution in [0, 0.1) is 6.92 Å². The Bertz CT molecular complexity index is 771. The predicted octanol–water partition coefficient (Wildman–Crippen LogP) is 4.60. The van der Waals surface area contributed by atoms with Crippen molar-refractivity contribution in [1.29, 1.82) is 0 Å². The summed E-state index contributed by atoms with van der Waals surface area (Å²) in [6.07, 6.45) is 11.5. The highest BCUT2D eigenvalue weighted by Gasteiger charge is 2.19. The van der Waals surface area contributed by atoms with Crippen LogP contribution in [0.15, 0.2) is 28.0 Å². The second kappa shape index (κ2) is 11.8. The largest absolute Gasteiger partial charge is 0.240 e. The van der Waals surface area contributed by atoms with Crippen molar-refractivity contribution < 1.29 is 16.8 Å². The van der Waals surface area contributed by atoms with Gasteiger partial charge in [-0.25, -0.2) is 21.6 Å². The molecule has 0 saturated heterocycles. The molecule has 1 rings (SSSR count). The Morgan fingerprint density at radius 3 is 1.81 bits per heavy atom. The molecule has 0 aromatic heterocycles. The van der Waals surface area contributed by atoms with Gasteiger partial charge in [0, 0.05) is 0 Å². The quantitative estimate of drug-likeness (QED) is 0.449. The number of rotatable bonds is 14. The topological polar surface area (TPSA) is 80.3 Å². The molecule has 156 valence electrons. The highest BCUT2D eigenvalue weighted by atomic mass is 32.2. The van der Waals surface area contributed by atoms with Crippen molar-refractivity contribution in [1.82, 2.24) is 4.72 Å². The molecule has 0 unspecified atom stereocenters. The van der Waals surface area contributed by atoms with Gasteiger partial charge in [-0.3, -0.25) is 0 Å². The molecule has 0 saturated carbocycles. The van der Waals surface area contributed by atoms with E-state index in [1.807, 2.05) is 0 Å². The van der Waals surface area contributed by atoms with Gasteiger partial charge < -0.3 is 0 Å². The molecule has 5 nitrogen and oxygen atoms in total. The second-order valence-electron chi connectivity index (χ2n) is 7.14. The van der Waals surface area contributed by atoms with Crippen molar-refractivity contribution in [3.63, 3.8) is 0 Å². The molecule has 0 aliphatic carbocycles. The number of aryl methyl sites for hydroxylation is 1. The van der Waals surface area contributed by atoms with Gasteiger partial charge in [0.25, 0.3) is 0 Å². The highest BCUT2D eigenvalue weighted by molar-refractivity contribution is 7.91. The maximum absolute atomic E-state index is 12.6. The van der Waals surface area contributed by atoms with E-state index in [4.69, 9.17) is 0 Å². The molecule has 1 N–H and O–H groups in total. The summed E-state index contributed by atoms with van der Waals surface area (Å²) in [7, 11) is -5.61. The zero-order chi connectivity index (χ0) is 20.3. The minimum atomic E-state index is -3.57. The normalized spacial score (nSPS) is 12.4. The molecule has 0 aliphatic rings. The molecule has 0 aliphatic heterocycles. The van der Waals surface area contributed by atoms with Gasteiger partial charge >= 0.3 is 0 Å². The van der Waals surface area contributed by atoms with E-state index in [2.05, 4.69) is 11.6 Å². The lowest BCUT2D eigenvalue weighted by molar-refractivity contribution is 0.557. The molecule has 1 aromatic carbocycles. The first kappa shape index (κ1) is 24.1. The van der Waals surface area contributed by atoms with Crippen molar-refractivity contribution in [2.24, 2.45) is 0 Å². The first-order valence-electron chi connectivity index (χ1n) is 10.0. The van der Waals surface area contributed by atoms with E-state index in [1.54, 1.807) is 6.92 Å². The summed E-state index contributed by atoms with van der Waals surface area (Å²) in [5, 5.41) is 0. The van der Waals surface area contributed by atoms with Crippen LogP contribution >= 0.6 is 0 Å². The molecule has 0 spiro atoms. The van der Waals surface area contributed by atoms with E-state index >= 15 is 0 Å². The van der Waals surface area contributed by atoms with Crippen LogP contribution in [0.3, 0.4) is 0 Å². The number of sulfone groups is 1. The molecular formula is C20H35NO4S2. The maximum Gasteiger partial charge on any atom is 0.240 e. The Hall–Kier alpha value is -0.920. The minimum Gasteiger partial charge on any atom is -0.224 e. The zero-order valence-corrected chi connectivity index (χ0v) is 18.6. The summed E-state index contributed by atoms with van der Waals surface area (Å²) in [4.78, 5) is 0.314. The number of hydrogen-bond donors (Lipinski definition) is 1. The molecule has 0 fully saturated rings. The van der Waals surface area contributed by atoms with Crippen LogP contribution in [-0.2, 0) is 19.9 Å². The monoisotopic (exact) mass is 417 g/mol. The van der Waals surface area contributed by atoms with Gasteiger partial charge in [0.05, 0.1) is 15.5 Å². The van der Waals surface area contributed by atoms with E-state index in [0.29, 0.717) is 12.0 Å². The van der Waals surface area contributed by atoms with E-state index in [-0.39, 0.29) is 15.5 Å². The number of nitrogens with one attached hydrogen (secondary N) is 1. The average molecular weight is 418 g/mol. The maximum atomic E-state index is 12.6. The third-order valence-electron chi connectivity index (χ3n) is 4.83. The molecule has 0 radical (unpaired) electrons. The molecule has 0 atom stereocenters. The third kappa shape index (κ3) is 8.32. The van der Waals surface area contributed by atoms with Crippen LogP contribution in [0.4, 0.5) is 0 Å². The van der Waals surface area contributed by atoms with Gasteiger partial charge in [-0.2, -0.15) is 0 Å². The standard InChI is InChI=1S/C20H35NO4S2/c1-4-5-6-7-8-9-10-11-12-13-16-26(22,23)20-15-14-19(17-18(20)2)27(24,25)21-3/h14-15,17,21H,4-13,16H2,1-3H3. The fourth-order valence-electron chi connectivity index (χ4n) is 3.15. The van der Waals surface area contributed by atoms with Gasteiger partial charge in [0.15, 0.2) is 9.84 Å². The molecule has 1 aromatic rings. The van der Waals surface area contributed by atoms with E-state index in [1.165, 1.54) is 70.2 Å². The Balaban J connectivity index is 2.43. The Morgan fingerprint density at radius 1 is 0.815 bits per heavy atom. The lowest BCUT2D eigenvalue weighted by Gasteiger charge is -2.10. The van der Waals surface area contributed by atoms with Gasteiger partial charge in [-0.15, -0.1) is 0 Å². The molecular weight excluding hydrogens is 382 g/mol. The summed E-state index contributed by atoms with van der Waals surface area (Å²) in [6, 6.07) is 4.17. The van der Waals surface area contributed by atoms with Crippen molar-refractivity contribution in [3.05, 3.63) is 23.8 Å². The van der Waals surface area contributed by atoms with Crippen molar-refractivity contribution in [2.75, 3.05) is 12.8 Å². The minimum absolute atomic E-state index is 0.0837. The highest BCUT2D eigenvalue weighted by Crippen LogP contribution is 2.22. The van der Waals surface area contributed by atoms with Crippen LogP contribution in [0.1, 0.15) is 76.7 Å². The van der Waals surface area contributed by atoms with Crippen molar-refractivity contribution >= 4 is 19.9 Å². The van der Waals surface area contributed by atoms with Crippen LogP contribution < -0.4 is 4.72 Å². The van der Waals surface area contributed by atoms with E-state index in [0.717, 1.165) is 12.8 Å². The number of sulfonamides is 1. The van der Waals surface area contributed by atoms with Gasteiger partial charge in [-0.05, 0) is 44.2 Å². The first-order valence-corrected chi connectivity index (χ1v) is 13.1. The van der Waals surface area contributed by atoms with Gasteiger partial charge in [0.2, 0.25) is 10.0 Å². The van der Waals surface area contributed by atoms with E-state index in [9.17, 15) is 16.8 Å². The smallest absolute Gasteiger partial charge is 0.224 e. The molecule has 7 heteroatoms. The third-order valence-corrected chi connectivity index (χ3v) is 8.19. The van der Waals surface area contributed by atoms with E-state index < -0.39 is 19.9 Å². The number of hydrogen-bond acceptors (Lipinski definition) is 4. The Labute approximate surface area is 165 Å². The summed E-state index contributed by atoms with van der Waals surface area (Å²) in [5.74, 6) is 0.114. The lowest BCUT2D eigenvalue weighted by atomic mass is 10.1. The summed E-state index contributed by atoms with van der Waals surface area (Å²) in [6.45, 7) is 3.86. The number of benzene rings is 1. The van der Waals surface area contributed by atoms with Crippen molar-refractivity contribution in [3.8, 4) is 0 Å². The van der Waals surface area contributed by atoms with Crippen LogP contribution in [0.5, 0.6) is 0 Å². The summed E-state index contributed by atoms with van der Waals surface area (Å²) in [5.41, 5.74) is 0.471. The van der Waals surface area contributed by atoms with Gasteiger partial charge in [0.1, 0.15) is 0 Å². The van der Waals surface area contributed by atoms with Crippen LogP contribution in [0.25, 0.3) is 0 Å². The van der Waals surface area contributed by atoms with Crippen LogP contribution in [0.2, 0.25) is 0 Å². The van der Waals surface area contributed by atoms with Gasteiger partial charge in [-0.1, -0.05) is 64.7 Å².